The number of thiazole rings is 1. The molecule has 16 heteroatoms. The zero-order chi connectivity index (χ0) is 32.4. The minimum atomic E-state index is -4.87. The minimum absolute atomic E-state index is 0.0289. The van der Waals surface area contributed by atoms with Crippen LogP contribution in [0.15, 0.2) is 23.1 Å². The first-order valence-corrected chi connectivity index (χ1v) is 16.5. The molecule has 1 aromatic heterocycles. The lowest BCUT2D eigenvalue weighted by Gasteiger charge is -2.30. The van der Waals surface area contributed by atoms with Gasteiger partial charge in [-0.25, -0.2) is 27.7 Å². The summed E-state index contributed by atoms with van der Waals surface area (Å²) in [6, 6.07) is 3.46. The van der Waals surface area contributed by atoms with Crippen molar-refractivity contribution in [1.29, 1.82) is 0 Å². The summed E-state index contributed by atoms with van der Waals surface area (Å²) in [6.07, 6.45) is -5.01. The molecule has 4 rings (SSSR count). The van der Waals surface area contributed by atoms with Gasteiger partial charge in [0.15, 0.2) is 11.8 Å². The largest absolute Gasteiger partial charge is 0.447 e. The number of hydrogen-bond acceptors (Lipinski definition) is 9. The summed E-state index contributed by atoms with van der Waals surface area (Å²) in [5, 5.41) is 5.46. The maximum Gasteiger partial charge on any atom is 0.434 e. The molecule has 0 spiro atoms. The third kappa shape index (κ3) is 8.82. The number of alkyl halides is 3. The number of anilines is 1. The average Bonchev–Trinajstić information content (AvgIpc) is 3.31. The number of sulfonamides is 1. The number of carbonyl (C=O) groups excluding carboxylic acids is 2. The molecule has 1 aliphatic heterocycles. The fourth-order valence-electron chi connectivity index (χ4n) is 4.83. The van der Waals surface area contributed by atoms with Crippen LogP contribution in [-0.4, -0.2) is 62.6 Å². The van der Waals surface area contributed by atoms with Gasteiger partial charge in [-0.1, -0.05) is 6.07 Å². The zero-order valence-electron chi connectivity index (χ0n) is 25.0. The van der Waals surface area contributed by atoms with Crippen LogP contribution >= 0.6 is 11.3 Å². The van der Waals surface area contributed by atoms with E-state index in [0.29, 0.717) is 38.9 Å². The highest BCUT2D eigenvalue weighted by Gasteiger charge is 2.41. The van der Waals surface area contributed by atoms with Crippen LogP contribution in [0.5, 0.6) is 0 Å². The molecule has 1 saturated carbocycles. The SMILES string of the molecule is CC(C)OC(=O)Nc1ccc(-c2sc(C3CCC(NC(=O)OC4COC4)CC3)nc2C(F)(F)F)c(S(=O)(=O)NC(C)(C)C)c1. The van der Waals surface area contributed by atoms with Gasteiger partial charge < -0.3 is 19.5 Å². The normalized spacial score (nSPS) is 19.8. The smallest absolute Gasteiger partial charge is 0.434 e. The molecule has 1 aliphatic carbocycles. The number of nitrogens with zero attached hydrogens (tertiary/aromatic N) is 1. The molecule has 2 heterocycles. The number of nitrogens with one attached hydrogen (secondary N) is 3. The van der Waals surface area contributed by atoms with Gasteiger partial charge in [0.2, 0.25) is 10.0 Å². The van der Waals surface area contributed by atoms with Gasteiger partial charge in [0, 0.05) is 28.7 Å². The number of hydrogen-bond donors (Lipinski definition) is 3. The molecule has 0 radical (unpaired) electrons. The van der Waals surface area contributed by atoms with Crippen molar-refractivity contribution in [3.05, 3.63) is 28.9 Å². The number of halogens is 3. The first-order chi connectivity index (χ1) is 20.4. The fraction of sp³-hybridized carbons (Fsp3) is 0.607. The Morgan fingerprint density at radius 1 is 1.07 bits per heavy atom. The Bertz CT molecular complexity index is 1460. The van der Waals surface area contributed by atoms with Gasteiger partial charge in [0.1, 0.15) is 0 Å². The summed E-state index contributed by atoms with van der Waals surface area (Å²) >= 11 is 0.795. The molecule has 0 unspecified atom stereocenters. The predicted molar refractivity (Wildman–Crippen MR) is 157 cm³/mol. The molecule has 0 atom stereocenters. The highest BCUT2D eigenvalue weighted by atomic mass is 32.2. The van der Waals surface area contributed by atoms with Crippen molar-refractivity contribution in [2.45, 2.75) is 101 Å². The molecule has 0 bridgehead atoms. The van der Waals surface area contributed by atoms with Crippen molar-refractivity contribution in [3.8, 4) is 10.4 Å². The van der Waals surface area contributed by atoms with Crippen LogP contribution in [0.1, 0.15) is 76.9 Å². The summed E-state index contributed by atoms with van der Waals surface area (Å²) in [5.41, 5.74) is -2.30. The first-order valence-electron chi connectivity index (χ1n) is 14.2. The van der Waals surface area contributed by atoms with Crippen LogP contribution in [0.2, 0.25) is 0 Å². The van der Waals surface area contributed by atoms with E-state index in [-0.39, 0.29) is 39.2 Å². The molecule has 44 heavy (non-hydrogen) atoms. The Hall–Kier alpha value is -2.95. The number of alkyl carbamates (subject to hydrolysis) is 1. The number of aromatic nitrogens is 1. The monoisotopic (exact) mass is 662 g/mol. The van der Waals surface area contributed by atoms with Crippen molar-refractivity contribution in [1.82, 2.24) is 15.0 Å². The third-order valence-corrected chi connectivity index (χ3v) is 9.79. The number of benzene rings is 1. The molecule has 1 saturated heterocycles. The van der Waals surface area contributed by atoms with E-state index in [1.165, 1.54) is 12.1 Å². The first kappa shape index (κ1) is 33.9. The third-order valence-electron chi connectivity index (χ3n) is 6.74. The van der Waals surface area contributed by atoms with E-state index in [1.54, 1.807) is 34.6 Å². The Morgan fingerprint density at radius 2 is 1.73 bits per heavy atom. The quantitative estimate of drug-likeness (QED) is 0.312. The second-order valence-corrected chi connectivity index (χ2v) is 14.8. The molecular weight excluding hydrogens is 625 g/mol. The van der Waals surface area contributed by atoms with E-state index >= 15 is 0 Å². The van der Waals surface area contributed by atoms with Gasteiger partial charge >= 0.3 is 18.4 Å². The summed E-state index contributed by atoms with van der Waals surface area (Å²) < 4.78 is 87.9. The fourth-order valence-corrected chi connectivity index (χ4v) is 7.85. The van der Waals surface area contributed by atoms with E-state index < -0.39 is 50.6 Å². The summed E-state index contributed by atoms with van der Waals surface area (Å²) in [4.78, 5) is 27.5. The second kappa shape index (κ2) is 13.2. The van der Waals surface area contributed by atoms with Crippen LogP contribution in [0.4, 0.5) is 28.4 Å². The topological polar surface area (TPSA) is 145 Å². The summed E-state index contributed by atoms with van der Waals surface area (Å²) in [6.45, 7) is 8.78. The Morgan fingerprint density at radius 3 is 2.27 bits per heavy atom. The molecule has 2 aliphatic rings. The van der Waals surface area contributed by atoms with Crippen LogP contribution in [0.25, 0.3) is 10.4 Å². The number of ether oxygens (including phenoxy) is 3. The Labute approximate surface area is 258 Å². The minimum Gasteiger partial charge on any atom is -0.447 e. The second-order valence-electron chi connectivity index (χ2n) is 12.1. The lowest BCUT2D eigenvalue weighted by atomic mass is 9.86. The highest BCUT2D eigenvalue weighted by Crippen LogP contribution is 2.46. The predicted octanol–water partition coefficient (Wildman–Crippen LogP) is 6.01. The number of rotatable bonds is 8. The van der Waals surface area contributed by atoms with E-state index in [9.17, 15) is 31.2 Å². The standard InChI is InChI=1S/C28H37F3N4O7S2/c1-15(2)41-25(36)33-18-10-11-20(21(12-18)44(38,39)35-27(3,4)5)22-23(28(29,30)31)34-24(43-22)16-6-8-17(9-7-16)32-26(37)42-19-13-40-14-19/h10-12,15-17,19,35H,6-9,13-14H2,1-5H3,(H,32,37)(H,33,36). The Kier molecular flexibility index (Phi) is 10.2. The van der Waals surface area contributed by atoms with Gasteiger partial charge in [0.25, 0.3) is 0 Å². The van der Waals surface area contributed by atoms with Crippen molar-refractivity contribution in [2.24, 2.45) is 0 Å². The van der Waals surface area contributed by atoms with E-state index in [2.05, 4.69) is 20.3 Å². The van der Waals surface area contributed by atoms with Gasteiger partial charge in [-0.2, -0.15) is 13.2 Å². The molecule has 11 nitrogen and oxygen atoms in total. The highest BCUT2D eigenvalue weighted by molar-refractivity contribution is 7.89. The molecule has 2 fully saturated rings. The lowest BCUT2D eigenvalue weighted by molar-refractivity contribution is -0.140. The van der Waals surface area contributed by atoms with Gasteiger partial charge in [0.05, 0.1) is 34.1 Å². The maximum atomic E-state index is 14.4. The maximum absolute atomic E-state index is 14.4. The van der Waals surface area contributed by atoms with Crippen LogP contribution in [0.3, 0.4) is 0 Å². The summed E-state index contributed by atoms with van der Waals surface area (Å²) in [5.74, 6) is -0.316. The van der Waals surface area contributed by atoms with Gasteiger partial charge in [-0.15, -0.1) is 11.3 Å². The lowest BCUT2D eigenvalue weighted by Crippen LogP contribution is -2.44. The molecule has 3 N–H and O–H groups in total. The molecular formula is C28H37F3N4O7S2. The van der Waals surface area contributed by atoms with E-state index in [4.69, 9.17) is 14.2 Å². The van der Waals surface area contributed by atoms with Gasteiger partial charge in [-0.3, -0.25) is 5.32 Å². The van der Waals surface area contributed by atoms with Crippen LogP contribution in [-0.2, 0) is 30.4 Å². The van der Waals surface area contributed by atoms with Crippen molar-refractivity contribution in [3.63, 3.8) is 0 Å². The zero-order valence-corrected chi connectivity index (χ0v) is 26.7. The molecule has 2 amide bonds. The molecule has 244 valence electrons. The van der Waals surface area contributed by atoms with E-state index in [1.807, 2.05) is 0 Å². The number of carbonyl (C=O) groups is 2. The summed E-state index contributed by atoms with van der Waals surface area (Å²) in [7, 11) is -4.37. The molecule has 1 aromatic carbocycles. The Balaban J connectivity index is 1.64. The van der Waals surface area contributed by atoms with Gasteiger partial charge in [-0.05, 0) is 72.4 Å². The number of amides is 2. The van der Waals surface area contributed by atoms with Crippen LogP contribution in [0, 0.1) is 0 Å². The van der Waals surface area contributed by atoms with Crippen LogP contribution < -0.4 is 15.4 Å². The molecule has 2 aromatic rings. The van der Waals surface area contributed by atoms with Crippen molar-refractivity contribution >= 4 is 39.2 Å². The van der Waals surface area contributed by atoms with Crippen molar-refractivity contribution < 1.29 is 45.4 Å². The van der Waals surface area contributed by atoms with E-state index in [0.717, 1.165) is 17.4 Å². The van der Waals surface area contributed by atoms with Crippen molar-refractivity contribution in [2.75, 3.05) is 18.5 Å². The average molecular weight is 663 g/mol.